The molecule has 1 N–H and O–H groups in total. The quantitative estimate of drug-likeness (QED) is 0.769. The third-order valence-electron chi connectivity index (χ3n) is 1.71. The smallest absolute Gasteiger partial charge is 0.153 e. The normalized spacial score (nSPS) is 12.1. The minimum absolute atomic E-state index is 0.379. The number of aromatic nitrogens is 2. The number of aliphatic hydroxyl groups is 1. The molecule has 3 nitrogen and oxygen atoms in total. The van der Waals surface area contributed by atoms with Crippen LogP contribution in [-0.2, 0) is 12.1 Å². The number of nitrogens with zero attached hydrogens (tertiary/aromatic N) is 2. The molecule has 0 amide bonds. The predicted molar refractivity (Wildman–Crippen MR) is 48.2 cm³/mol. The number of imidazole rings is 1. The zero-order valence-electron chi connectivity index (χ0n) is 7.50. The molecule has 0 atom stereocenters. The number of hydrogen-bond acceptors (Lipinski definition) is 2. The number of rotatable bonds is 2. The van der Waals surface area contributed by atoms with Crippen LogP contribution in [0.25, 0.3) is 0 Å². The molecule has 1 aromatic heterocycles. The maximum atomic E-state index is 9.73. The highest BCUT2D eigenvalue weighted by Gasteiger charge is 2.24. The Morgan fingerprint density at radius 1 is 1.67 bits per heavy atom. The molecule has 1 rings (SSSR count). The van der Waals surface area contributed by atoms with Crippen LogP contribution in [0.1, 0.15) is 26.5 Å². The summed E-state index contributed by atoms with van der Waals surface area (Å²) in [6, 6.07) is 0. The first-order valence-electron chi connectivity index (χ1n) is 3.90. The molecule has 0 saturated heterocycles. The van der Waals surface area contributed by atoms with Gasteiger partial charge in [0.05, 0.1) is 12.0 Å². The van der Waals surface area contributed by atoms with Gasteiger partial charge < -0.3 is 9.67 Å². The minimum Gasteiger partial charge on any atom is -0.384 e. The van der Waals surface area contributed by atoms with Crippen molar-refractivity contribution >= 4 is 11.6 Å². The Morgan fingerprint density at radius 3 is 2.58 bits per heavy atom. The maximum absolute atomic E-state index is 9.73. The fourth-order valence-electron chi connectivity index (χ4n) is 1.20. The summed E-state index contributed by atoms with van der Waals surface area (Å²) >= 11 is 5.82. The molecule has 0 radical (unpaired) electrons. The highest BCUT2D eigenvalue weighted by atomic mass is 35.5. The second-order valence-corrected chi connectivity index (χ2v) is 3.59. The van der Waals surface area contributed by atoms with Crippen molar-refractivity contribution in [3.05, 3.63) is 17.2 Å². The Labute approximate surface area is 77.0 Å². The average molecular weight is 189 g/mol. The highest BCUT2D eigenvalue weighted by molar-refractivity contribution is 6.30. The van der Waals surface area contributed by atoms with Crippen LogP contribution in [0.2, 0.25) is 5.15 Å². The molecule has 12 heavy (non-hydrogen) atoms. The van der Waals surface area contributed by atoms with Gasteiger partial charge in [0, 0.05) is 6.54 Å². The average Bonchev–Trinajstić information content (AvgIpc) is 2.29. The van der Waals surface area contributed by atoms with Crippen LogP contribution in [0.15, 0.2) is 6.33 Å². The van der Waals surface area contributed by atoms with E-state index in [1.807, 2.05) is 11.5 Å². The molecule has 0 saturated carbocycles. The van der Waals surface area contributed by atoms with E-state index in [2.05, 4.69) is 4.98 Å². The van der Waals surface area contributed by atoms with Gasteiger partial charge in [0.2, 0.25) is 0 Å². The molecular weight excluding hydrogens is 176 g/mol. The molecule has 0 fully saturated rings. The van der Waals surface area contributed by atoms with Gasteiger partial charge in [0.15, 0.2) is 5.15 Å². The molecule has 1 aromatic rings. The topological polar surface area (TPSA) is 38.0 Å². The van der Waals surface area contributed by atoms with Crippen molar-refractivity contribution < 1.29 is 5.11 Å². The Hall–Kier alpha value is -0.540. The first-order valence-corrected chi connectivity index (χ1v) is 4.28. The van der Waals surface area contributed by atoms with Crippen LogP contribution in [-0.4, -0.2) is 14.7 Å². The van der Waals surface area contributed by atoms with E-state index >= 15 is 0 Å². The summed E-state index contributed by atoms with van der Waals surface area (Å²) in [5, 5.41) is 10.1. The lowest BCUT2D eigenvalue weighted by molar-refractivity contribution is 0.0700. The Bertz CT molecular complexity index is 275. The van der Waals surface area contributed by atoms with Crippen LogP contribution in [0.5, 0.6) is 0 Å². The number of halogens is 1. The molecule has 0 aliphatic carbocycles. The van der Waals surface area contributed by atoms with Crippen LogP contribution < -0.4 is 0 Å². The molecule has 1 heterocycles. The van der Waals surface area contributed by atoms with Crippen molar-refractivity contribution in [2.45, 2.75) is 32.9 Å². The fraction of sp³-hybridized carbons (Fsp3) is 0.625. The van der Waals surface area contributed by atoms with E-state index in [4.69, 9.17) is 11.6 Å². The highest BCUT2D eigenvalue weighted by Crippen LogP contribution is 2.26. The molecule has 0 unspecified atom stereocenters. The van der Waals surface area contributed by atoms with E-state index in [0.29, 0.717) is 10.8 Å². The lowest BCUT2D eigenvalue weighted by Crippen LogP contribution is -2.20. The lowest BCUT2D eigenvalue weighted by atomic mass is 10.1. The summed E-state index contributed by atoms with van der Waals surface area (Å²) in [5.41, 5.74) is -0.254. The van der Waals surface area contributed by atoms with Crippen LogP contribution in [0, 0.1) is 0 Å². The second-order valence-electron chi connectivity index (χ2n) is 3.23. The van der Waals surface area contributed by atoms with Gasteiger partial charge in [0.1, 0.15) is 5.60 Å². The van der Waals surface area contributed by atoms with Crippen molar-refractivity contribution in [3.63, 3.8) is 0 Å². The summed E-state index contributed by atoms with van der Waals surface area (Å²) in [7, 11) is 0. The first kappa shape index (κ1) is 9.55. The van der Waals surface area contributed by atoms with Crippen molar-refractivity contribution in [1.29, 1.82) is 0 Å². The largest absolute Gasteiger partial charge is 0.384 e. The Morgan fingerprint density at radius 2 is 2.25 bits per heavy atom. The Balaban J connectivity index is 3.19. The minimum atomic E-state index is -0.927. The van der Waals surface area contributed by atoms with Gasteiger partial charge in [-0.05, 0) is 20.8 Å². The van der Waals surface area contributed by atoms with Crippen molar-refractivity contribution in [1.82, 2.24) is 9.55 Å². The van der Waals surface area contributed by atoms with Crippen LogP contribution >= 0.6 is 11.6 Å². The summed E-state index contributed by atoms with van der Waals surface area (Å²) in [6.45, 7) is 6.14. The molecule has 4 heteroatoms. The predicted octanol–water partition coefficient (Wildman–Crippen LogP) is 1.78. The first-order chi connectivity index (χ1) is 5.46. The zero-order chi connectivity index (χ0) is 9.35. The van der Waals surface area contributed by atoms with E-state index in [-0.39, 0.29) is 0 Å². The van der Waals surface area contributed by atoms with Gasteiger partial charge in [-0.1, -0.05) is 11.6 Å². The monoisotopic (exact) mass is 188 g/mol. The summed E-state index contributed by atoms with van der Waals surface area (Å²) < 4.78 is 1.84. The van der Waals surface area contributed by atoms with Crippen molar-refractivity contribution in [2.24, 2.45) is 0 Å². The van der Waals surface area contributed by atoms with Gasteiger partial charge >= 0.3 is 0 Å². The van der Waals surface area contributed by atoms with E-state index in [1.54, 1.807) is 20.2 Å². The fourth-order valence-corrected chi connectivity index (χ4v) is 1.58. The van der Waals surface area contributed by atoms with Crippen molar-refractivity contribution in [2.75, 3.05) is 0 Å². The molecule has 0 aromatic carbocycles. The Kier molecular flexibility index (Phi) is 2.44. The van der Waals surface area contributed by atoms with Gasteiger partial charge in [0.25, 0.3) is 0 Å². The summed E-state index contributed by atoms with van der Waals surface area (Å²) in [4.78, 5) is 3.92. The third kappa shape index (κ3) is 1.62. The maximum Gasteiger partial charge on any atom is 0.153 e. The molecular formula is C8H13ClN2O. The van der Waals surface area contributed by atoms with Gasteiger partial charge in [-0.2, -0.15) is 0 Å². The molecule has 68 valence electrons. The van der Waals surface area contributed by atoms with E-state index in [9.17, 15) is 5.11 Å². The number of aryl methyl sites for hydroxylation is 1. The molecule has 0 spiro atoms. The van der Waals surface area contributed by atoms with E-state index in [0.717, 1.165) is 6.54 Å². The summed E-state index contributed by atoms with van der Waals surface area (Å²) in [6.07, 6.45) is 1.63. The van der Waals surface area contributed by atoms with Gasteiger partial charge in [-0.25, -0.2) is 4.98 Å². The lowest BCUT2D eigenvalue weighted by Gasteiger charge is -2.19. The van der Waals surface area contributed by atoms with Crippen LogP contribution in [0.4, 0.5) is 0 Å². The molecule has 0 aliphatic rings. The zero-order valence-corrected chi connectivity index (χ0v) is 8.26. The van der Waals surface area contributed by atoms with Gasteiger partial charge in [-0.3, -0.25) is 0 Å². The van der Waals surface area contributed by atoms with E-state index < -0.39 is 5.60 Å². The van der Waals surface area contributed by atoms with Crippen LogP contribution in [0.3, 0.4) is 0 Å². The van der Waals surface area contributed by atoms with Crippen molar-refractivity contribution in [3.8, 4) is 0 Å². The second kappa shape index (κ2) is 3.07. The van der Waals surface area contributed by atoms with E-state index in [1.165, 1.54) is 0 Å². The SMILES string of the molecule is CCn1cnc(Cl)c1C(C)(C)O. The summed E-state index contributed by atoms with van der Waals surface area (Å²) in [5.74, 6) is 0. The standard InChI is InChI=1S/C8H13ClN2O/c1-4-11-5-10-7(9)6(11)8(2,3)12/h5,12H,4H2,1-3H3. The number of hydrogen-bond donors (Lipinski definition) is 1. The third-order valence-corrected chi connectivity index (χ3v) is 1.99. The van der Waals surface area contributed by atoms with Gasteiger partial charge in [-0.15, -0.1) is 0 Å². The molecule has 0 bridgehead atoms. The molecule has 0 aliphatic heterocycles.